The Labute approximate surface area is 116 Å². The molecule has 0 bridgehead atoms. The van der Waals surface area contributed by atoms with E-state index < -0.39 is 0 Å². The van der Waals surface area contributed by atoms with Gasteiger partial charge in [0.2, 0.25) is 0 Å². The number of hydrazine groups is 1. The van der Waals surface area contributed by atoms with Crippen molar-refractivity contribution >= 4 is 23.2 Å². The van der Waals surface area contributed by atoms with Crippen LogP contribution in [-0.4, -0.2) is 48.3 Å². The van der Waals surface area contributed by atoms with Crippen LogP contribution >= 0.6 is 11.6 Å². The van der Waals surface area contributed by atoms with Crippen LogP contribution in [0.25, 0.3) is 0 Å². The summed E-state index contributed by atoms with van der Waals surface area (Å²) in [4.78, 5) is 14.1. The number of rotatable bonds is 3. The van der Waals surface area contributed by atoms with Crippen LogP contribution in [0, 0.1) is 0 Å². The van der Waals surface area contributed by atoms with Gasteiger partial charge in [-0.1, -0.05) is 11.6 Å². The molecule has 1 aliphatic rings. The Bertz CT molecular complexity index is 470. The number of nitrogens with one attached hydrogen (secondary N) is 1. The van der Waals surface area contributed by atoms with Crippen molar-refractivity contribution in [2.75, 3.05) is 31.8 Å². The second kappa shape index (κ2) is 6.21. The summed E-state index contributed by atoms with van der Waals surface area (Å²) in [7, 11) is 0. The minimum absolute atomic E-state index is 0.141. The molecule has 1 unspecified atom stereocenters. The monoisotopic (exact) mass is 285 g/mol. The first-order valence-corrected chi connectivity index (χ1v) is 6.31. The molecule has 1 fully saturated rings. The zero-order chi connectivity index (χ0) is 13.8. The number of morpholine rings is 1. The first-order valence-electron chi connectivity index (χ1n) is 5.93. The lowest BCUT2D eigenvalue weighted by Crippen LogP contribution is -2.50. The molecule has 1 heterocycles. The minimum Gasteiger partial charge on any atom is -0.394 e. The zero-order valence-electron chi connectivity index (χ0n) is 10.3. The van der Waals surface area contributed by atoms with Gasteiger partial charge in [-0.15, -0.1) is 0 Å². The van der Waals surface area contributed by atoms with Gasteiger partial charge in [-0.25, -0.2) is 0 Å². The maximum Gasteiger partial charge on any atom is 0.256 e. The summed E-state index contributed by atoms with van der Waals surface area (Å²) in [5.41, 5.74) is 3.36. The molecule has 104 valence electrons. The molecule has 7 heteroatoms. The SMILES string of the molecule is NNc1ccc(Cl)cc1C(=O)N1CCOCC1CO. The normalized spacial score (nSPS) is 19.3. The Hall–Kier alpha value is -1.34. The second-order valence-corrected chi connectivity index (χ2v) is 4.68. The third kappa shape index (κ3) is 2.98. The number of halogens is 1. The summed E-state index contributed by atoms with van der Waals surface area (Å²) in [6.45, 7) is 1.07. The van der Waals surface area contributed by atoms with Crippen LogP contribution in [0.5, 0.6) is 0 Å². The van der Waals surface area contributed by atoms with Crippen LogP contribution < -0.4 is 11.3 Å². The second-order valence-electron chi connectivity index (χ2n) is 4.24. The van der Waals surface area contributed by atoms with Crippen molar-refractivity contribution < 1.29 is 14.6 Å². The first-order chi connectivity index (χ1) is 9.17. The zero-order valence-corrected chi connectivity index (χ0v) is 11.1. The Balaban J connectivity index is 2.29. The van der Waals surface area contributed by atoms with E-state index in [9.17, 15) is 9.90 Å². The smallest absolute Gasteiger partial charge is 0.256 e. The van der Waals surface area contributed by atoms with Gasteiger partial charge in [-0.05, 0) is 18.2 Å². The number of hydrogen-bond acceptors (Lipinski definition) is 5. The van der Waals surface area contributed by atoms with Crippen molar-refractivity contribution in [1.82, 2.24) is 4.90 Å². The number of nitrogens with zero attached hydrogens (tertiary/aromatic N) is 1. The average Bonchev–Trinajstić information content (AvgIpc) is 2.46. The van der Waals surface area contributed by atoms with Crippen LogP contribution in [0.2, 0.25) is 5.02 Å². The summed E-state index contributed by atoms with van der Waals surface area (Å²) in [6.07, 6.45) is 0. The highest BCUT2D eigenvalue weighted by Gasteiger charge is 2.28. The van der Waals surface area contributed by atoms with Gasteiger partial charge in [0.05, 0.1) is 37.1 Å². The number of anilines is 1. The number of ether oxygens (including phenoxy) is 1. The summed E-state index contributed by atoms with van der Waals surface area (Å²) in [6, 6.07) is 4.51. The van der Waals surface area contributed by atoms with E-state index in [1.165, 1.54) is 0 Å². The molecule has 1 atom stereocenters. The molecule has 2 rings (SSSR count). The number of aliphatic hydroxyl groups excluding tert-OH is 1. The average molecular weight is 286 g/mol. The molecule has 0 spiro atoms. The van der Waals surface area contributed by atoms with Gasteiger partial charge in [0.15, 0.2) is 0 Å². The van der Waals surface area contributed by atoms with Crippen molar-refractivity contribution in [2.45, 2.75) is 6.04 Å². The molecule has 1 aliphatic heterocycles. The molecule has 1 saturated heterocycles. The number of carbonyl (C=O) groups is 1. The van der Waals surface area contributed by atoms with Gasteiger partial charge in [-0.2, -0.15) is 0 Å². The molecule has 0 saturated carbocycles. The molecule has 19 heavy (non-hydrogen) atoms. The fourth-order valence-electron chi connectivity index (χ4n) is 2.05. The molecule has 6 nitrogen and oxygen atoms in total. The van der Waals surface area contributed by atoms with E-state index in [1.54, 1.807) is 23.1 Å². The summed E-state index contributed by atoms with van der Waals surface area (Å²) in [5.74, 6) is 5.17. The first kappa shape index (κ1) is 14.1. The fourth-order valence-corrected chi connectivity index (χ4v) is 2.22. The standard InChI is InChI=1S/C12H16ClN3O3/c13-8-1-2-11(15-14)10(5-8)12(18)16-3-4-19-7-9(16)6-17/h1-2,5,9,15,17H,3-4,6-7,14H2. The van der Waals surface area contributed by atoms with Crippen LogP contribution in [0.1, 0.15) is 10.4 Å². The molecule has 0 aromatic heterocycles. The summed E-state index contributed by atoms with van der Waals surface area (Å²) < 4.78 is 5.25. The van der Waals surface area contributed by atoms with Crippen molar-refractivity contribution in [3.8, 4) is 0 Å². The van der Waals surface area contributed by atoms with Crippen LogP contribution in [0.15, 0.2) is 18.2 Å². The van der Waals surface area contributed by atoms with Crippen molar-refractivity contribution in [3.05, 3.63) is 28.8 Å². The molecule has 1 aromatic carbocycles. The van der Waals surface area contributed by atoms with Gasteiger partial charge in [0.1, 0.15) is 0 Å². The highest BCUT2D eigenvalue weighted by Crippen LogP contribution is 2.23. The lowest BCUT2D eigenvalue weighted by Gasteiger charge is -2.34. The van der Waals surface area contributed by atoms with E-state index in [2.05, 4.69) is 5.43 Å². The number of nitrogen functional groups attached to an aromatic ring is 1. The fraction of sp³-hybridized carbons (Fsp3) is 0.417. The van der Waals surface area contributed by atoms with E-state index in [-0.39, 0.29) is 18.6 Å². The summed E-state index contributed by atoms with van der Waals surface area (Å²) in [5, 5.41) is 9.75. The van der Waals surface area contributed by atoms with E-state index in [1.807, 2.05) is 0 Å². The van der Waals surface area contributed by atoms with Crippen LogP contribution in [0.4, 0.5) is 5.69 Å². The topological polar surface area (TPSA) is 87.8 Å². The molecular formula is C12H16ClN3O3. The molecular weight excluding hydrogens is 270 g/mol. The number of amides is 1. The number of aliphatic hydroxyl groups is 1. The largest absolute Gasteiger partial charge is 0.394 e. The predicted molar refractivity (Wildman–Crippen MR) is 72.0 cm³/mol. The molecule has 0 radical (unpaired) electrons. The predicted octanol–water partition coefficient (Wildman–Crippen LogP) is 0.459. The van der Waals surface area contributed by atoms with Crippen LogP contribution in [-0.2, 0) is 4.74 Å². The van der Waals surface area contributed by atoms with Crippen LogP contribution in [0.3, 0.4) is 0 Å². The Kier molecular flexibility index (Phi) is 4.60. The van der Waals surface area contributed by atoms with Gasteiger partial charge < -0.3 is 20.2 Å². The quantitative estimate of drug-likeness (QED) is 0.555. The third-order valence-corrected chi connectivity index (χ3v) is 3.30. The Morgan fingerprint density at radius 3 is 3.11 bits per heavy atom. The molecule has 4 N–H and O–H groups in total. The van der Waals surface area contributed by atoms with Gasteiger partial charge >= 0.3 is 0 Å². The van der Waals surface area contributed by atoms with Crippen molar-refractivity contribution in [2.24, 2.45) is 5.84 Å². The molecule has 1 amide bonds. The number of benzene rings is 1. The van der Waals surface area contributed by atoms with Crippen molar-refractivity contribution in [3.63, 3.8) is 0 Å². The van der Waals surface area contributed by atoms with E-state index in [0.717, 1.165) is 0 Å². The minimum atomic E-state index is -0.342. The van der Waals surface area contributed by atoms with E-state index in [0.29, 0.717) is 36.0 Å². The lowest BCUT2D eigenvalue weighted by atomic mass is 10.1. The number of nitrogens with two attached hydrogens (primary N) is 1. The van der Waals surface area contributed by atoms with Gasteiger partial charge in [-0.3, -0.25) is 10.6 Å². The maximum absolute atomic E-state index is 12.5. The molecule has 1 aromatic rings. The highest BCUT2D eigenvalue weighted by atomic mass is 35.5. The van der Waals surface area contributed by atoms with Crippen molar-refractivity contribution in [1.29, 1.82) is 0 Å². The van der Waals surface area contributed by atoms with Gasteiger partial charge in [0, 0.05) is 11.6 Å². The molecule has 0 aliphatic carbocycles. The lowest BCUT2D eigenvalue weighted by molar-refractivity contribution is -0.0183. The highest BCUT2D eigenvalue weighted by molar-refractivity contribution is 6.31. The maximum atomic E-state index is 12.5. The summed E-state index contributed by atoms with van der Waals surface area (Å²) >= 11 is 5.91. The van der Waals surface area contributed by atoms with E-state index in [4.69, 9.17) is 22.2 Å². The van der Waals surface area contributed by atoms with Gasteiger partial charge in [0.25, 0.3) is 5.91 Å². The number of hydrogen-bond donors (Lipinski definition) is 3. The van der Waals surface area contributed by atoms with E-state index >= 15 is 0 Å². The third-order valence-electron chi connectivity index (χ3n) is 3.07. The number of carbonyl (C=O) groups excluding carboxylic acids is 1. The Morgan fingerprint density at radius 2 is 2.42 bits per heavy atom. The Morgan fingerprint density at radius 1 is 1.63 bits per heavy atom.